The van der Waals surface area contributed by atoms with E-state index >= 15 is 0 Å². The lowest BCUT2D eigenvalue weighted by Gasteiger charge is -2.26. The summed E-state index contributed by atoms with van der Waals surface area (Å²) in [5.41, 5.74) is -0.638. The average molecular weight is 694 g/mol. The molecule has 47 heavy (non-hydrogen) atoms. The molecule has 1 saturated heterocycles. The van der Waals surface area contributed by atoms with Crippen molar-refractivity contribution in [2.75, 3.05) is 27.6 Å². The number of benzene rings is 2. The normalized spacial score (nSPS) is 16.7. The third-order valence-corrected chi connectivity index (χ3v) is 9.91. The molecule has 4 heterocycles. The van der Waals surface area contributed by atoms with Gasteiger partial charge in [-0.25, -0.2) is 27.2 Å². The Hall–Kier alpha value is -4.31. The molecule has 1 amide bonds. The Morgan fingerprint density at radius 1 is 0.957 bits per heavy atom. The topological polar surface area (TPSA) is 113 Å². The Bertz CT molecular complexity index is 1990. The maximum absolute atomic E-state index is 14.5. The molecule has 17 heteroatoms. The van der Waals surface area contributed by atoms with E-state index in [4.69, 9.17) is 11.6 Å². The van der Waals surface area contributed by atoms with Gasteiger partial charge in [0.1, 0.15) is 5.69 Å². The van der Waals surface area contributed by atoms with Gasteiger partial charge in [-0.05, 0) is 61.4 Å². The van der Waals surface area contributed by atoms with Crippen LogP contribution in [0.1, 0.15) is 36.9 Å². The van der Waals surface area contributed by atoms with Crippen molar-refractivity contribution in [1.82, 2.24) is 19.7 Å². The second-order valence-corrected chi connectivity index (χ2v) is 13.8. The van der Waals surface area contributed by atoms with Crippen molar-refractivity contribution in [3.05, 3.63) is 70.8 Å². The summed E-state index contributed by atoms with van der Waals surface area (Å²) in [7, 11) is -4.56. The van der Waals surface area contributed by atoms with Crippen LogP contribution in [0.5, 0.6) is 0 Å². The summed E-state index contributed by atoms with van der Waals surface area (Å²) >= 11 is 5.67. The molecule has 7 rings (SSSR count). The van der Waals surface area contributed by atoms with Crippen LogP contribution in [0.4, 0.5) is 45.0 Å². The summed E-state index contributed by atoms with van der Waals surface area (Å²) in [6.07, 6.45) is 1.80. The summed E-state index contributed by atoms with van der Waals surface area (Å²) in [5, 5.41) is 3.74. The second-order valence-electron chi connectivity index (χ2n) is 11.7. The third-order valence-electron chi connectivity index (χ3n) is 8.36. The number of nitrogens with zero attached hydrogens (tertiary/aromatic N) is 6. The van der Waals surface area contributed by atoms with E-state index in [9.17, 15) is 35.2 Å². The van der Waals surface area contributed by atoms with Crippen molar-refractivity contribution < 1.29 is 35.2 Å². The third kappa shape index (κ3) is 5.88. The first kappa shape index (κ1) is 31.3. The molecule has 0 unspecified atom stereocenters. The predicted octanol–water partition coefficient (Wildman–Crippen LogP) is 6.32. The fourth-order valence-electron chi connectivity index (χ4n) is 5.97. The van der Waals surface area contributed by atoms with Crippen molar-refractivity contribution in [2.24, 2.45) is 5.92 Å². The number of carbonyl (C=O) groups excluding carboxylic acids is 1. The van der Waals surface area contributed by atoms with Crippen molar-refractivity contribution in [1.29, 1.82) is 0 Å². The minimum atomic E-state index is -4.65. The zero-order chi connectivity index (χ0) is 33.2. The molecule has 0 bridgehead atoms. The van der Waals surface area contributed by atoms with E-state index in [0.29, 0.717) is 24.2 Å². The molecule has 0 radical (unpaired) electrons. The molecule has 4 aromatic rings. The number of rotatable bonds is 8. The Balaban J connectivity index is 1.25. The van der Waals surface area contributed by atoms with E-state index in [0.717, 1.165) is 35.9 Å². The molecule has 2 aromatic carbocycles. The lowest BCUT2D eigenvalue weighted by Crippen LogP contribution is -2.27. The molecule has 3 aliphatic rings. The number of fused-ring (bicyclic) bond motifs is 1. The molecule has 1 aliphatic carbocycles. The van der Waals surface area contributed by atoms with Gasteiger partial charge in [-0.3, -0.25) is 14.2 Å². The highest BCUT2D eigenvalue weighted by molar-refractivity contribution is 7.92. The highest BCUT2D eigenvalue weighted by Gasteiger charge is 2.40. The van der Waals surface area contributed by atoms with E-state index in [1.807, 2.05) is 4.72 Å². The molecular formula is C30H25ClF5N7O3S. The van der Waals surface area contributed by atoms with Gasteiger partial charge in [0.05, 0.1) is 22.5 Å². The predicted molar refractivity (Wildman–Crippen MR) is 162 cm³/mol. The van der Waals surface area contributed by atoms with E-state index in [1.54, 1.807) is 4.90 Å². The first-order valence-electron chi connectivity index (χ1n) is 14.7. The number of nitrogens with one attached hydrogen (secondary N) is 1. The number of sulfonamides is 1. The van der Waals surface area contributed by atoms with E-state index in [1.165, 1.54) is 29.4 Å². The van der Waals surface area contributed by atoms with Gasteiger partial charge in [-0.1, -0.05) is 11.6 Å². The number of hydrogen-bond acceptors (Lipinski definition) is 7. The number of carbonyl (C=O) groups is 1. The van der Waals surface area contributed by atoms with E-state index in [-0.39, 0.29) is 70.4 Å². The Labute approximate surface area is 270 Å². The smallest absolute Gasteiger partial charge is 0.310 e. The Kier molecular flexibility index (Phi) is 7.62. The molecular weight excluding hydrogens is 669 g/mol. The van der Waals surface area contributed by atoms with Gasteiger partial charge in [-0.15, -0.1) is 0 Å². The summed E-state index contributed by atoms with van der Waals surface area (Å²) < 4.78 is 101. The number of halogens is 6. The number of hydrogen-bond donors (Lipinski definition) is 1. The lowest BCUT2D eigenvalue weighted by molar-refractivity contribution is -0.143. The average Bonchev–Trinajstić information content (AvgIpc) is 3.34. The highest BCUT2D eigenvalue weighted by Crippen LogP contribution is 2.45. The number of anilines is 4. The minimum absolute atomic E-state index is 0.117. The number of amides is 1. The maximum atomic E-state index is 14.5. The molecule has 246 valence electrons. The minimum Gasteiger partial charge on any atom is -0.310 e. The van der Waals surface area contributed by atoms with E-state index < -0.39 is 39.2 Å². The first-order chi connectivity index (χ1) is 22.3. The van der Waals surface area contributed by atoms with Gasteiger partial charge in [0.15, 0.2) is 17.3 Å². The SMILES string of the molecule is O=C1CCCN1c1cc(S(=O)(=O)Nc2c(F)cc(Cl)cc2F)cc2c1N(c1ncc(-c3cnn(CC4CC4)c3C(F)(F)F)cn1)CC2. The molecule has 1 saturated carbocycles. The molecule has 2 fully saturated rings. The number of aromatic nitrogens is 4. The van der Waals surface area contributed by atoms with E-state index in [2.05, 4.69) is 15.1 Å². The first-order valence-corrected chi connectivity index (χ1v) is 16.5. The van der Waals surface area contributed by atoms with Gasteiger partial charge in [0.2, 0.25) is 11.9 Å². The fourth-order valence-corrected chi connectivity index (χ4v) is 7.31. The molecule has 2 aromatic heterocycles. The molecule has 0 atom stereocenters. The van der Waals surface area contributed by atoms with Crippen molar-refractivity contribution in [3.8, 4) is 11.1 Å². The summed E-state index contributed by atoms with van der Waals surface area (Å²) in [6, 6.07) is 4.12. The van der Waals surface area contributed by atoms with Crippen LogP contribution in [0, 0.1) is 17.6 Å². The lowest BCUT2D eigenvalue weighted by atomic mass is 10.1. The van der Waals surface area contributed by atoms with Crippen LogP contribution in [-0.4, -0.2) is 47.2 Å². The van der Waals surface area contributed by atoms with Gasteiger partial charge in [0.25, 0.3) is 10.0 Å². The quantitative estimate of drug-likeness (QED) is 0.215. The van der Waals surface area contributed by atoms with Crippen LogP contribution in [0.25, 0.3) is 11.1 Å². The molecule has 0 spiro atoms. The van der Waals surface area contributed by atoms with Crippen LogP contribution in [-0.2, 0) is 34.0 Å². The molecule has 10 nitrogen and oxygen atoms in total. The van der Waals surface area contributed by atoms with Crippen LogP contribution in [0.3, 0.4) is 0 Å². The maximum Gasteiger partial charge on any atom is 0.433 e. The van der Waals surface area contributed by atoms with Gasteiger partial charge in [-0.2, -0.15) is 18.3 Å². The second kappa shape index (κ2) is 11.4. The zero-order valence-corrected chi connectivity index (χ0v) is 25.9. The molecule has 2 aliphatic heterocycles. The van der Waals surface area contributed by atoms with Crippen LogP contribution >= 0.6 is 11.6 Å². The Morgan fingerprint density at radius 2 is 1.66 bits per heavy atom. The van der Waals surface area contributed by atoms with Gasteiger partial charge < -0.3 is 9.80 Å². The van der Waals surface area contributed by atoms with Gasteiger partial charge in [0, 0.05) is 54.6 Å². The summed E-state index contributed by atoms with van der Waals surface area (Å²) in [6.45, 7) is 0.725. The summed E-state index contributed by atoms with van der Waals surface area (Å²) in [5.74, 6) is -2.38. The summed E-state index contributed by atoms with van der Waals surface area (Å²) in [4.78, 5) is 24.4. The monoisotopic (exact) mass is 693 g/mol. The Morgan fingerprint density at radius 3 is 2.28 bits per heavy atom. The van der Waals surface area contributed by atoms with Crippen molar-refractivity contribution in [3.63, 3.8) is 0 Å². The van der Waals surface area contributed by atoms with Gasteiger partial charge >= 0.3 is 6.18 Å². The van der Waals surface area contributed by atoms with Crippen molar-refractivity contribution >= 4 is 50.5 Å². The van der Waals surface area contributed by atoms with Crippen LogP contribution < -0.4 is 14.5 Å². The molecule has 1 N–H and O–H groups in total. The van der Waals surface area contributed by atoms with Crippen molar-refractivity contribution in [2.45, 2.75) is 49.7 Å². The zero-order valence-electron chi connectivity index (χ0n) is 24.4. The van der Waals surface area contributed by atoms with Crippen LogP contribution in [0.15, 0.2) is 47.8 Å². The largest absolute Gasteiger partial charge is 0.433 e. The highest BCUT2D eigenvalue weighted by atomic mass is 35.5. The number of alkyl halides is 3. The van der Waals surface area contributed by atoms with Crippen LogP contribution in [0.2, 0.25) is 5.02 Å². The standard InChI is InChI=1S/C30H25ClF5N7O3S/c31-19-9-22(32)26(23(33)10-19)40-47(45,46)20-8-17-5-7-42(27(17)24(11-20)41-6-1-2-25(41)44)29-37-12-18(13-38-29)21-14-39-43(15-16-3-4-16)28(21)30(34,35)36/h8-14,16,40H,1-7,15H2. The fraction of sp³-hybridized carbons (Fsp3) is 0.333.